The summed E-state index contributed by atoms with van der Waals surface area (Å²) in [6.07, 6.45) is 4.66. The first-order chi connectivity index (χ1) is 5.70. The van der Waals surface area contributed by atoms with Gasteiger partial charge in [-0.1, -0.05) is 33.1 Å². The van der Waals surface area contributed by atoms with E-state index in [-0.39, 0.29) is 0 Å². The van der Waals surface area contributed by atoms with Gasteiger partial charge < -0.3 is 5.11 Å². The highest BCUT2D eigenvalue weighted by molar-refractivity contribution is 5.66. The van der Waals surface area contributed by atoms with E-state index in [0.717, 1.165) is 18.8 Å². The molecule has 0 saturated carbocycles. The molecule has 0 radical (unpaired) electrons. The highest BCUT2D eigenvalue weighted by atomic mass is 16.4. The number of hydrogen-bond donors (Lipinski definition) is 1. The van der Waals surface area contributed by atoms with Crippen molar-refractivity contribution in [2.45, 2.75) is 46.0 Å². The smallest absolute Gasteiger partial charge is 0.303 e. The second-order valence-electron chi connectivity index (χ2n) is 3.13. The average molecular weight is 159 g/mol. The van der Waals surface area contributed by atoms with Crippen molar-refractivity contribution in [1.29, 1.82) is 1.43 Å². The molecule has 0 amide bonds. The van der Waals surface area contributed by atoms with Crippen LogP contribution in [0.2, 0.25) is 0 Å². The first kappa shape index (κ1) is 8.57. The van der Waals surface area contributed by atoms with Gasteiger partial charge in [0.25, 0.3) is 1.43 Å². The first-order valence-corrected chi connectivity index (χ1v) is 4.36. The Balaban J connectivity index is 3.15. The molecule has 0 aromatic carbocycles. The molecule has 0 bridgehead atoms. The number of unbranched alkanes of at least 4 members (excludes halogenated alkanes) is 1. The molecule has 0 aliphatic carbocycles. The summed E-state index contributed by atoms with van der Waals surface area (Å²) >= 11 is 0. The molecule has 0 aromatic rings. The van der Waals surface area contributed by atoms with Crippen molar-refractivity contribution in [1.82, 2.24) is 0 Å². The SMILES string of the molecule is [2H]OC(=O)CCCCC(C)CC. The van der Waals surface area contributed by atoms with E-state index >= 15 is 0 Å². The van der Waals surface area contributed by atoms with Crippen molar-refractivity contribution in [3.05, 3.63) is 0 Å². The average Bonchev–Trinajstić information content (AvgIpc) is 2.11. The van der Waals surface area contributed by atoms with Crippen molar-refractivity contribution in [2.24, 2.45) is 5.92 Å². The van der Waals surface area contributed by atoms with E-state index in [1.807, 2.05) is 0 Å². The molecule has 1 N–H and O–H groups in total. The van der Waals surface area contributed by atoms with Crippen LogP contribution in [-0.2, 0) is 4.79 Å². The molecule has 2 nitrogen and oxygen atoms in total. The molecule has 66 valence electrons. The molecular formula is C9H18O2. The zero-order chi connectivity index (χ0) is 9.40. The predicted molar refractivity (Wildman–Crippen MR) is 45.6 cm³/mol. The van der Waals surface area contributed by atoms with Gasteiger partial charge in [-0.2, -0.15) is 0 Å². The minimum atomic E-state index is -0.417. The van der Waals surface area contributed by atoms with Crippen LogP contribution < -0.4 is 0 Å². The lowest BCUT2D eigenvalue weighted by Gasteiger charge is -2.05. The van der Waals surface area contributed by atoms with Crippen LogP contribution in [0.3, 0.4) is 0 Å². The van der Waals surface area contributed by atoms with Crippen LogP contribution in [0.5, 0.6) is 0 Å². The topological polar surface area (TPSA) is 37.3 Å². The molecule has 11 heavy (non-hydrogen) atoms. The molecule has 0 aromatic heterocycles. The lowest BCUT2D eigenvalue weighted by atomic mass is 10.0. The van der Waals surface area contributed by atoms with Crippen LogP contribution >= 0.6 is 0 Å². The maximum atomic E-state index is 10.5. The third-order valence-electron chi connectivity index (χ3n) is 2.02. The second kappa shape index (κ2) is 6.20. The third kappa shape index (κ3) is 7.37. The number of rotatable bonds is 6. The van der Waals surface area contributed by atoms with E-state index in [9.17, 15) is 4.79 Å². The third-order valence-corrected chi connectivity index (χ3v) is 2.02. The van der Waals surface area contributed by atoms with Crippen molar-refractivity contribution in [3.8, 4) is 0 Å². The zero-order valence-electron chi connectivity index (χ0n) is 8.43. The molecule has 0 heterocycles. The minimum Gasteiger partial charge on any atom is -0.481 e. The molecule has 0 aliphatic rings. The maximum absolute atomic E-state index is 10.5. The van der Waals surface area contributed by atoms with Crippen molar-refractivity contribution < 1.29 is 9.90 Å². The summed E-state index contributed by atoms with van der Waals surface area (Å²) in [6.45, 7) is 4.38. The number of carbonyl (C=O) groups is 1. The number of hydrogen-bond acceptors (Lipinski definition) is 2. The van der Waals surface area contributed by atoms with Gasteiger partial charge in [-0.3, -0.25) is 4.79 Å². The lowest BCUT2D eigenvalue weighted by Crippen LogP contribution is -1.96. The van der Waals surface area contributed by atoms with E-state index in [4.69, 9.17) is 1.43 Å². The Kier molecular flexibility index (Phi) is 4.83. The Labute approximate surface area is 70.1 Å². The van der Waals surface area contributed by atoms with E-state index in [2.05, 4.69) is 19.0 Å². The van der Waals surface area contributed by atoms with Gasteiger partial charge in [-0.05, 0) is 12.3 Å². The molecule has 1 atom stereocenters. The summed E-state index contributed by atoms with van der Waals surface area (Å²) in [6, 6.07) is 0. The second-order valence-corrected chi connectivity index (χ2v) is 3.13. The predicted octanol–water partition coefficient (Wildman–Crippen LogP) is 2.68. The fourth-order valence-corrected chi connectivity index (χ4v) is 0.966. The molecule has 0 spiro atoms. The Morgan fingerprint density at radius 2 is 2.36 bits per heavy atom. The molecule has 1 unspecified atom stereocenters. The van der Waals surface area contributed by atoms with Gasteiger partial charge >= 0.3 is 5.97 Å². The van der Waals surface area contributed by atoms with Crippen LogP contribution in [0.1, 0.15) is 46.0 Å². The van der Waals surface area contributed by atoms with E-state index in [1.54, 1.807) is 0 Å². The normalized spacial score (nSPS) is 13.8. The van der Waals surface area contributed by atoms with Crippen LogP contribution in [-0.4, -0.2) is 11.1 Å². The Morgan fingerprint density at radius 1 is 1.64 bits per heavy atom. The van der Waals surface area contributed by atoms with Gasteiger partial charge in [0.1, 0.15) is 0 Å². The van der Waals surface area contributed by atoms with E-state index in [1.165, 1.54) is 12.8 Å². The summed E-state index contributed by atoms with van der Waals surface area (Å²) < 4.78 is 6.32. The fraction of sp³-hybridized carbons (Fsp3) is 0.889. The summed E-state index contributed by atoms with van der Waals surface area (Å²) in [4.78, 5) is 10.5. The first-order valence-electron chi connectivity index (χ1n) is 4.77. The Morgan fingerprint density at radius 3 is 2.91 bits per heavy atom. The number of carboxylic acids is 1. The van der Waals surface area contributed by atoms with Crippen molar-refractivity contribution in [3.63, 3.8) is 0 Å². The molecule has 2 heteroatoms. The largest absolute Gasteiger partial charge is 0.481 e. The van der Waals surface area contributed by atoms with Gasteiger partial charge in [-0.15, -0.1) is 0 Å². The Bertz CT molecular complexity index is 126. The summed E-state index contributed by atoms with van der Waals surface area (Å²) in [7, 11) is 0. The molecular weight excluding hydrogens is 140 g/mol. The van der Waals surface area contributed by atoms with E-state index < -0.39 is 5.97 Å². The van der Waals surface area contributed by atoms with Crippen LogP contribution in [0.4, 0.5) is 0 Å². The van der Waals surface area contributed by atoms with Crippen molar-refractivity contribution in [2.75, 3.05) is 0 Å². The lowest BCUT2D eigenvalue weighted by molar-refractivity contribution is -0.137. The minimum absolute atomic E-state index is 0.389. The van der Waals surface area contributed by atoms with Crippen LogP contribution in [0, 0.1) is 5.92 Å². The van der Waals surface area contributed by atoms with Crippen molar-refractivity contribution >= 4 is 5.97 Å². The molecule has 0 aliphatic heterocycles. The maximum Gasteiger partial charge on any atom is 0.303 e. The Hall–Kier alpha value is -0.530. The molecule has 0 fully saturated rings. The summed E-state index contributed by atoms with van der Waals surface area (Å²) in [5.74, 6) is 0.330. The molecule has 0 rings (SSSR count). The fourth-order valence-electron chi connectivity index (χ4n) is 0.966. The van der Waals surface area contributed by atoms with Gasteiger partial charge in [-0.25, -0.2) is 0 Å². The monoisotopic (exact) mass is 159 g/mol. The van der Waals surface area contributed by atoms with Crippen LogP contribution in [0.15, 0.2) is 0 Å². The van der Waals surface area contributed by atoms with Gasteiger partial charge in [0, 0.05) is 6.42 Å². The number of aliphatic carboxylic acids is 1. The van der Waals surface area contributed by atoms with Gasteiger partial charge in [0.05, 0.1) is 0 Å². The summed E-state index contributed by atoms with van der Waals surface area (Å²) in [5.41, 5.74) is 0. The van der Waals surface area contributed by atoms with Gasteiger partial charge in [0.2, 0.25) is 0 Å². The quantitative estimate of drug-likeness (QED) is 0.605. The summed E-state index contributed by atoms with van der Waals surface area (Å²) in [5, 5.41) is 3.79. The zero-order valence-corrected chi connectivity index (χ0v) is 7.43. The number of carboxylic acid groups (broad SMARTS) is 1. The van der Waals surface area contributed by atoms with E-state index in [0.29, 0.717) is 6.42 Å². The molecule has 0 saturated heterocycles. The van der Waals surface area contributed by atoms with Gasteiger partial charge in [0.15, 0.2) is 0 Å². The highest BCUT2D eigenvalue weighted by Gasteiger charge is 2.00. The standard InChI is InChI=1S/C9H18O2/c1-3-8(2)6-4-5-7-9(10)11/h8H,3-7H2,1-2H3,(H,10,11)/i/hD. The highest BCUT2D eigenvalue weighted by Crippen LogP contribution is 2.11. The van der Waals surface area contributed by atoms with Crippen LogP contribution in [0.25, 0.3) is 1.43 Å².